The molecule has 0 saturated heterocycles. The number of nitrogens with one attached hydrogen (secondary N) is 1. The lowest BCUT2D eigenvalue weighted by Crippen LogP contribution is -2.20. The van der Waals surface area contributed by atoms with E-state index < -0.39 is 5.91 Å². The molecule has 0 heterocycles. The van der Waals surface area contributed by atoms with Gasteiger partial charge in [-0.2, -0.15) is 0 Å². The van der Waals surface area contributed by atoms with E-state index in [-0.39, 0.29) is 35.3 Å². The van der Waals surface area contributed by atoms with Crippen molar-refractivity contribution in [3.8, 4) is 23.0 Å². The summed E-state index contributed by atoms with van der Waals surface area (Å²) < 4.78 is 21.3. The molecule has 0 aromatic heterocycles. The molecular weight excluding hydrogens is 364 g/mol. The zero-order chi connectivity index (χ0) is 20.5. The number of rotatable bonds is 10. The van der Waals surface area contributed by atoms with Gasteiger partial charge in [-0.05, 0) is 24.3 Å². The van der Waals surface area contributed by atoms with E-state index in [4.69, 9.17) is 24.7 Å². The summed E-state index contributed by atoms with van der Waals surface area (Å²) in [5.74, 6) is 0.203. The number of anilines is 1. The van der Waals surface area contributed by atoms with Gasteiger partial charge in [-0.15, -0.1) is 0 Å². The molecule has 0 saturated carbocycles. The van der Waals surface area contributed by atoms with Gasteiger partial charge in [-0.25, -0.2) is 0 Å². The van der Waals surface area contributed by atoms with E-state index in [1.54, 1.807) is 30.3 Å². The third-order valence-corrected chi connectivity index (χ3v) is 3.54. The van der Waals surface area contributed by atoms with Crippen molar-refractivity contribution in [1.82, 2.24) is 0 Å². The molecule has 0 aliphatic carbocycles. The van der Waals surface area contributed by atoms with Crippen LogP contribution in [0.1, 0.15) is 10.4 Å². The van der Waals surface area contributed by atoms with Gasteiger partial charge in [0.1, 0.15) is 12.4 Å². The number of carbonyl (C=O) groups is 2. The highest BCUT2D eigenvalue weighted by molar-refractivity contribution is 6.05. The molecule has 0 atom stereocenters. The fourth-order valence-electron chi connectivity index (χ4n) is 2.32. The van der Waals surface area contributed by atoms with E-state index in [2.05, 4.69) is 11.9 Å². The Labute approximate surface area is 162 Å². The van der Waals surface area contributed by atoms with Crippen LogP contribution in [0.3, 0.4) is 0 Å². The normalized spacial score (nSPS) is 9.93. The quantitative estimate of drug-likeness (QED) is 0.607. The van der Waals surface area contributed by atoms with E-state index in [1.807, 2.05) is 0 Å². The van der Waals surface area contributed by atoms with Crippen LogP contribution in [0.25, 0.3) is 0 Å². The van der Waals surface area contributed by atoms with Gasteiger partial charge in [0.05, 0.1) is 14.2 Å². The second-order valence-electron chi connectivity index (χ2n) is 5.55. The number of methoxy groups -OCH3 is 2. The summed E-state index contributed by atoms with van der Waals surface area (Å²) in [5.41, 5.74) is 5.93. The Balaban J connectivity index is 2.25. The van der Waals surface area contributed by atoms with Gasteiger partial charge in [-0.3, -0.25) is 9.59 Å². The van der Waals surface area contributed by atoms with Crippen LogP contribution in [0.5, 0.6) is 23.0 Å². The highest BCUT2D eigenvalue weighted by atomic mass is 16.5. The Hall–Kier alpha value is -3.68. The Kier molecular flexibility index (Phi) is 7.27. The standard InChI is InChI=1S/C20H22N2O6/c1-4-8-27-15-7-5-6-14(11-15)22-20(24)13-9-16(25-2)19(17(10-13)26-3)28-12-18(21)23/h4-7,9-11H,1,8,12H2,2-3H3,(H2,21,23)(H,22,24). The minimum Gasteiger partial charge on any atom is -0.493 e. The topological polar surface area (TPSA) is 109 Å². The fraction of sp³-hybridized carbons (Fsp3) is 0.200. The molecule has 8 nitrogen and oxygen atoms in total. The molecule has 0 aliphatic heterocycles. The lowest BCUT2D eigenvalue weighted by molar-refractivity contribution is -0.120. The Morgan fingerprint density at radius 2 is 1.79 bits per heavy atom. The van der Waals surface area contributed by atoms with Crippen molar-refractivity contribution in [1.29, 1.82) is 0 Å². The first-order valence-electron chi connectivity index (χ1n) is 8.30. The third-order valence-electron chi connectivity index (χ3n) is 3.54. The van der Waals surface area contributed by atoms with Crippen molar-refractivity contribution < 1.29 is 28.5 Å². The van der Waals surface area contributed by atoms with E-state index in [0.717, 1.165) is 0 Å². The maximum atomic E-state index is 12.7. The number of amides is 2. The van der Waals surface area contributed by atoms with Crippen molar-refractivity contribution in [3.05, 3.63) is 54.6 Å². The van der Waals surface area contributed by atoms with Gasteiger partial charge < -0.3 is 30.0 Å². The molecule has 8 heteroatoms. The maximum Gasteiger partial charge on any atom is 0.255 e. The van der Waals surface area contributed by atoms with Crippen LogP contribution in [-0.2, 0) is 4.79 Å². The van der Waals surface area contributed by atoms with Crippen molar-refractivity contribution in [2.45, 2.75) is 0 Å². The largest absolute Gasteiger partial charge is 0.493 e. The van der Waals surface area contributed by atoms with Crippen LogP contribution in [0, 0.1) is 0 Å². The minimum absolute atomic E-state index is 0.181. The zero-order valence-electron chi connectivity index (χ0n) is 15.7. The van der Waals surface area contributed by atoms with Gasteiger partial charge in [0, 0.05) is 17.3 Å². The van der Waals surface area contributed by atoms with E-state index >= 15 is 0 Å². The van der Waals surface area contributed by atoms with Crippen LogP contribution in [0.15, 0.2) is 49.1 Å². The molecular formula is C20H22N2O6. The summed E-state index contributed by atoms with van der Waals surface area (Å²) in [6.07, 6.45) is 1.63. The molecule has 2 amide bonds. The van der Waals surface area contributed by atoms with E-state index in [0.29, 0.717) is 18.0 Å². The number of hydrogen-bond donors (Lipinski definition) is 2. The summed E-state index contributed by atoms with van der Waals surface area (Å²) in [6.45, 7) is 3.60. The maximum absolute atomic E-state index is 12.7. The Morgan fingerprint density at radius 3 is 2.36 bits per heavy atom. The van der Waals surface area contributed by atoms with Gasteiger partial charge in [0.2, 0.25) is 5.75 Å². The van der Waals surface area contributed by atoms with Gasteiger partial charge in [0.15, 0.2) is 18.1 Å². The first kappa shape index (κ1) is 20.6. The Morgan fingerprint density at radius 1 is 1.11 bits per heavy atom. The molecule has 0 fully saturated rings. The van der Waals surface area contributed by atoms with E-state index in [1.165, 1.54) is 26.4 Å². The van der Waals surface area contributed by atoms with Crippen LogP contribution in [-0.4, -0.2) is 39.2 Å². The van der Waals surface area contributed by atoms with Crippen LogP contribution in [0.4, 0.5) is 5.69 Å². The molecule has 2 rings (SSSR count). The summed E-state index contributed by atoms with van der Waals surface area (Å²) in [6, 6.07) is 9.92. The summed E-state index contributed by atoms with van der Waals surface area (Å²) >= 11 is 0. The first-order chi connectivity index (χ1) is 13.5. The number of carbonyl (C=O) groups excluding carboxylic acids is 2. The number of nitrogens with two attached hydrogens (primary N) is 1. The highest BCUT2D eigenvalue weighted by Crippen LogP contribution is 2.38. The molecule has 2 aromatic rings. The smallest absolute Gasteiger partial charge is 0.255 e. The Bertz CT molecular complexity index is 841. The SMILES string of the molecule is C=CCOc1cccc(NC(=O)c2cc(OC)c(OCC(N)=O)c(OC)c2)c1. The van der Waals surface area contributed by atoms with Crippen molar-refractivity contribution in [2.75, 3.05) is 32.8 Å². The molecule has 0 unspecified atom stereocenters. The number of benzene rings is 2. The van der Waals surface area contributed by atoms with Crippen molar-refractivity contribution >= 4 is 17.5 Å². The average molecular weight is 386 g/mol. The lowest BCUT2D eigenvalue weighted by atomic mass is 10.1. The molecule has 2 aromatic carbocycles. The molecule has 0 radical (unpaired) electrons. The minimum atomic E-state index is -0.649. The average Bonchev–Trinajstić information content (AvgIpc) is 2.70. The van der Waals surface area contributed by atoms with Gasteiger partial charge in [-0.1, -0.05) is 18.7 Å². The predicted octanol–water partition coefficient (Wildman–Crippen LogP) is 2.39. The monoisotopic (exact) mass is 386 g/mol. The number of hydrogen-bond acceptors (Lipinski definition) is 6. The highest BCUT2D eigenvalue weighted by Gasteiger charge is 2.18. The van der Waals surface area contributed by atoms with Gasteiger partial charge >= 0.3 is 0 Å². The number of primary amides is 1. The third kappa shape index (κ3) is 5.41. The molecule has 0 aliphatic rings. The lowest BCUT2D eigenvalue weighted by Gasteiger charge is -2.15. The number of ether oxygens (including phenoxy) is 4. The van der Waals surface area contributed by atoms with Crippen molar-refractivity contribution in [3.63, 3.8) is 0 Å². The summed E-state index contributed by atoms with van der Waals surface area (Å²) in [4.78, 5) is 23.6. The summed E-state index contributed by atoms with van der Waals surface area (Å²) in [7, 11) is 2.82. The predicted molar refractivity (Wildman–Crippen MR) is 104 cm³/mol. The zero-order valence-corrected chi connectivity index (χ0v) is 15.7. The van der Waals surface area contributed by atoms with Crippen LogP contribution in [0.2, 0.25) is 0 Å². The van der Waals surface area contributed by atoms with Crippen LogP contribution < -0.4 is 30.0 Å². The molecule has 3 N–H and O–H groups in total. The molecule has 28 heavy (non-hydrogen) atoms. The second-order valence-corrected chi connectivity index (χ2v) is 5.55. The van der Waals surface area contributed by atoms with Gasteiger partial charge in [0.25, 0.3) is 11.8 Å². The van der Waals surface area contributed by atoms with E-state index in [9.17, 15) is 9.59 Å². The first-order valence-corrected chi connectivity index (χ1v) is 8.30. The molecule has 0 spiro atoms. The molecule has 0 bridgehead atoms. The molecule has 148 valence electrons. The summed E-state index contributed by atoms with van der Waals surface area (Å²) in [5, 5.41) is 2.78. The fourth-order valence-corrected chi connectivity index (χ4v) is 2.32. The van der Waals surface area contributed by atoms with Crippen molar-refractivity contribution in [2.24, 2.45) is 5.73 Å². The van der Waals surface area contributed by atoms with Crippen LogP contribution >= 0.6 is 0 Å². The second kappa shape index (κ2) is 9.86.